The molecule has 0 aliphatic rings. The van der Waals surface area contributed by atoms with Crippen LogP contribution < -0.4 is 11.1 Å². The number of rotatable bonds is 3. The van der Waals surface area contributed by atoms with E-state index in [4.69, 9.17) is 10.3 Å². The Labute approximate surface area is 143 Å². The number of aromatic hydroxyl groups is 1. The molecule has 0 atom stereocenters. The van der Waals surface area contributed by atoms with Gasteiger partial charge in [0.2, 0.25) is 0 Å². The summed E-state index contributed by atoms with van der Waals surface area (Å²) in [6.45, 7) is 0. The summed E-state index contributed by atoms with van der Waals surface area (Å²) in [6.07, 6.45) is 0. The Morgan fingerprint density at radius 1 is 1.04 bits per heavy atom. The molecule has 0 spiro atoms. The second-order valence-electron chi connectivity index (χ2n) is 5.43. The van der Waals surface area contributed by atoms with Gasteiger partial charge in [0, 0.05) is 28.4 Å². The van der Waals surface area contributed by atoms with Crippen LogP contribution in [0.5, 0.6) is 5.75 Å². The van der Waals surface area contributed by atoms with Crippen LogP contribution in [0.4, 0.5) is 11.4 Å². The van der Waals surface area contributed by atoms with Crippen molar-refractivity contribution < 1.29 is 22.9 Å². The van der Waals surface area contributed by atoms with Crippen LogP contribution in [0.2, 0.25) is 0 Å². The highest BCUT2D eigenvalue weighted by atomic mass is 32.2. The van der Waals surface area contributed by atoms with Crippen molar-refractivity contribution in [3.63, 3.8) is 0 Å². The maximum atomic E-state index is 12.3. The highest BCUT2D eigenvalue weighted by molar-refractivity contribution is 7.85. The first-order chi connectivity index (χ1) is 11.7. The Morgan fingerprint density at radius 3 is 2.48 bits per heavy atom. The lowest BCUT2D eigenvalue weighted by atomic mass is 10.1. The SMILES string of the molecule is Nc1cccc(C(=O)Nc2cc(O)c3ccc(S(=O)(=O)O)cc3c2)c1. The van der Waals surface area contributed by atoms with Gasteiger partial charge in [0.05, 0.1) is 4.90 Å². The van der Waals surface area contributed by atoms with E-state index in [1.165, 1.54) is 36.4 Å². The number of phenolic OH excluding ortho intramolecular Hbond substituents is 1. The maximum absolute atomic E-state index is 12.3. The average molecular weight is 358 g/mol. The van der Waals surface area contributed by atoms with Gasteiger partial charge in [-0.15, -0.1) is 0 Å². The van der Waals surface area contributed by atoms with Gasteiger partial charge in [0.15, 0.2) is 0 Å². The van der Waals surface area contributed by atoms with Gasteiger partial charge in [-0.1, -0.05) is 6.07 Å². The summed E-state index contributed by atoms with van der Waals surface area (Å²) in [5, 5.41) is 13.4. The zero-order valence-corrected chi connectivity index (χ0v) is 13.6. The highest BCUT2D eigenvalue weighted by Gasteiger charge is 2.13. The van der Waals surface area contributed by atoms with Crippen LogP contribution in [0, 0.1) is 0 Å². The van der Waals surface area contributed by atoms with E-state index in [1.54, 1.807) is 18.2 Å². The molecule has 0 aliphatic heterocycles. The molecule has 128 valence electrons. The fourth-order valence-corrected chi connectivity index (χ4v) is 2.96. The summed E-state index contributed by atoms with van der Waals surface area (Å²) in [4.78, 5) is 11.9. The van der Waals surface area contributed by atoms with Gasteiger partial charge in [-0.3, -0.25) is 9.35 Å². The molecule has 0 bridgehead atoms. The zero-order chi connectivity index (χ0) is 18.2. The van der Waals surface area contributed by atoms with Crippen LogP contribution >= 0.6 is 0 Å². The van der Waals surface area contributed by atoms with E-state index in [2.05, 4.69) is 5.32 Å². The molecule has 8 heteroatoms. The number of anilines is 2. The number of carbonyl (C=O) groups is 1. The molecule has 5 N–H and O–H groups in total. The molecule has 0 radical (unpaired) electrons. The molecule has 0 saturated heterocycles. The number of benzene rings is 3. The first-order valence-corrected chi connectivity index (χ1v) is 8.59. The van der Waals surface area contributed by atoms with Crippen LogP contribution in [-0.2, 0) is 10.1 Å². The molecule has 0 unspecified atom stereocenters. The van der Waals surface area contributed by atoms with Crippen molar-refractivity contribution in [3.05, 3.63) is 60.2 Å². The molecule has 3 aromatic carbocycles. The summed E-state index contributed by atoms with van der Waals surface area (Å²) < 4.78 is 31.6. The van der Waals surface area contributed by atoms with Gasteiger partial charge in [-0.2, -0.15) is 8.42 Å². The van der Waals surface area contributed by atoms with Crippen molar-refractivity contribution >= 4 is 38.2 Å². The lowest BCUT2D eigenvalue weighted by Crippen LogP contribution is -2.12. The van der Waals surface area contributed by atoms with Crippen LogP contribution in [-0.4, -0.2) is 24.0 Å². The van der Waals surface area contributed by atoms with Crippen molar-refractivity contribution in [2.24, 2.45) is 0 Å². The number of carbonyl (C=O) groups excluding carboxylic acids is 1. The Balaban J connectivity index is 2.00. The van der Waals surface area contributed by atoms with E-state index in [-0.39, 0.29) is 16.3 Å². The second-order valence-corrected chi connectivity index (χ2v) is 6.85. The minimum atomic E-state index is -4.37. The molecule has 0 aliphatic carbocycles. The first-order valence-electron chi connectivity index (χ1n) is 7.15. The number of hydrogen-bond donors (Lipinski definition) is 4. The largest absolute Gasteiger partial charge is 0.507 e. The molecule has 0 saturated carbocycles. The maximum Gasteiger partial charge on any atom is 0.294 e. The van der Waals surface area contributed by atoms with Crippen molar-refractivity contribution in [2.45, 2.75) is 4.90 Å². The van der Waals surface area contributed by atoms with E-state index in [0.717, 1.165) is 0 Å². The fraction of sp³-hybridized carbons (Fsp3) is 0. The molecule has 3 rings (SSSR count). The Kier molecular flexibility index (Phi) is 4.07. The Morgan fingerprint density at radius 2 is 1.80 bits per heavy atom. The monoisotopic (exact) mass is 358 g/mol. The molecule has 25 heavy (non-hydrogen) atoms. The van der Waals surface area contributed by atoms with E-state index < -0.39 is 16.0 Å². The Bertz CT molecular complexity index is 1090. The number of nitrogen functional groups attached to an aromatic ring is 1. The number of nitrogens with one attached hydrogen (secondary N) is 1. The number of hydrogen-bond acceptors (Lipinski definition) is 5. The van der Waals surface area contributed by atoms with Crippen LogP contribution in [0.25, 0.3) is 10.8 Å². The van der Waals surface area contributed by atoms with Crippen molar-refractivity contribution in [1.29, 1.82) is 0 Å². The molecule has 0 heterocycles. The lowest BCUT2D eigenvalue weighted by Gasteiger charge is -2.09. The molecular weight excluding hydrogens is 344 g/mol. The van der Waals surface area contributed by atoms with Crippen LogP contribution in [0.15, 0.2) is 59.5 Å². The third-order valence-corrected chi connectivity index (χ3v) is 4.46. The molecular formula is C17H14N2O5S. The summed E-state index contributed by atoms with van der Waals surface area (Å²) in [6, 6.07) is 13.0. The van der Waals surface area contributed by atoms with Crippen LogP contribution in [0.1, 0.15) is 10.4 Å². The number of amides is 1. The molecule has 7 nitrogen and oxygen atoms in total. The molecule has 0 aromatic heterocycles. The topological polar surface area (TPSA) is 130 Å². The summed E-state index contributed by atoms with van der Waals surface area (Å²) in [7, 11) is -4.37. The lowest BCUT2D eigenvalue weighted by molar-refractivity contribution is 0.102. The van der Waals surface area contributed by atoms with Gasteiger partial charge in [-0.05, 0) is 47.9 Å². The van der Waals surface area contributed by atoms with E-state index in [0.29, 0.717) is 22.0 Å². The third kappa shape index (κ3) is 3.54. The van der Waals surface area contributed by atoms with E-state index in [9.17, 15) is 18.3 Å². The van der Waals surface area contributed by atoms with E-state index >= 15 is 0 Å². The second kappa shape index (κ2) is 6.08. The van der Waals surface area contributed by atoms with Gasteiger partial charge in [0.25, 0.3) is 16.0 Å². The number of fused-ring (bicyclic) bond motifs is 1. The highest BCUT2D eigenvalue weighted by Crippen LogP contribution is 2.31. The van der Waals surface area contributed by atoms with Crippen LogP contribution in [0.3, 0.4) is 0 Å². The molecule has 0 fully saturated rings. The number of nitrogens with two attached hydrogens (primary N) is 1. The summed E-state index contributed by atoms with van der Waals surface area (Å²) in [5.41, 5.74) is 6.69. The predicted octanol–water partition coefficient (Wildman–Crippen LogP) is 2.63. The van der Waals surface area contributed by atoms with Gasteiger partial charge < -0.3 is 16.2 Å². The first kappa shape index (κ1) is 16.7. The average Bonchev–Trinajstić information content (AvgIpc) is 2.53. The minimum Gasteiger partial charge on any atom is -0.507 e. The Hall–Kier alpha value is -3.10. The summed E-state index contributed by atoms with van der Waals surface area (Å²) >= 11 is 0. The van der Waals surface area contributed by atoms with Crippen molar-refractivity contribution in [3.8, 4) is 5.75 Å². The fourth-order valence-electron chi connectivity index (χ4n) is 2.44. The van der Waals surface area contributed by atoms with Gasteiger partial charge >= 0.3 is 0 Å². The van der Waals surface area contributed by atoms with E-state index in [1.807, 2.05) is 0 Å². The van der Waals surface area contributed by atoms with Gasteiger partial charge in [0.1, 0.15) is 5.75 Å². The standard InChI is InChI=1S/C17H14N2O5S/c18-12-3-1-2-10(6-12)17(21)19-13-7-11-8-14(25(22,23)24)4-5-15(11)16(20)9-13/h1-9,20H,18H2,(H,19,21)(H,22,23,24). The normalized spacial score (nSPS) is 11.4. The number of phenols is 1. The zero-order valence-electron chi connectivity index (χ0n) is 12.8. The predicted molar refractivity (Wildman–Crippen MR) is 94.2 cm³/mol. The smallest absolute Gasteiger partial charge is 0.294 e. The quantitative estimate of drug-likeness (QED) is 0.421. The van der Waals surface area contributed by atoms with Crippen molar-refractivity contribution in [1.82, 2.24) is 0 Å². The molecule has 1 amide bonds. The van der Waals surface area contributed by atoms with Gasteiger partial charge in [-0.25, -0.2) is 0 Å². The van der Waals surface area contributed by atoms with Crippen molar-refractivity contribution in [2.75, 3.05) is 11.1 Å². The third-order valence-electron chi connectivity index (χ3n) is 3.61. The molecule has 3 aromatic rings. The minimum absolute atomic E-state index is 0.137. The summed E-state index contributed by atoms with van der Waals surface area (Å²) in [5.74, 6) is -0.570.